The molecule has 0 spiro atoms. The standard InChI is InChI=1S/C23H29N3O4/c1-4-21(27)24-13-14-25-23(29)18-5-9-19(10-6-18)26-22(28)15-30-20-11-7-17(8-12-20)16(2)3/h5-12,16H,4,13-15H2,1-3H3,(H,24,27)(H,25,29)(H,26,28). The van der Waals surface area contributed by atoms with Crippen molar-refractivity contribution in [2.75, 3.05) is 25.0 Å². The molecule has 0 aliphatic rings. The Morgan fingerprint density at radius 1 is 0.867 bits per heavy atom. The lowest BCUT2D eigenvalue weighted by Crippen LogP contribution is -2.34. The number of benzene rings is 2. The van der Waals surface area contributed by atoms with E-state index in [2.05, 4.69) is 29.8 Å². The van der Waals surface area contributed by atoms with Crippen molar-refractivity contribution in [3.8, 4) is 5.75 Å². The van der Waals surface area contributed by atoms with Gasteiger partial charge >= 0.3 is 0 Å². The molecule has 0 bridgehead atoms. The van der Waals surface area contributed by atoms with Gasteiger partial charge in [0.2, 0.25) is 5.91 Å². The first-order chi connectivity index (χ1) is 14.4. The van der Waals surface area contributed by atoms with Crippen molar-refractivity contribution in [3.05, 3.63) is 59.7 Å². The minimum absolute atomic E-state index is 0.0547. The molecule has 2 aromatic rings. The lowest BCUT2D eigenvalue weighted by molar-refractivity contribution is -0.120. The minimum atomic E-state index is -0.285. The fraction of sp³-hybridized carbons (Fsp3) is 0.348. The van der Waals surface area contributed by atoms with Crippen molar-refractivity contribution in [1.82, 2.24) is 10.6 Å². The number of carbonyl (C=O) groups is 3. The molecule has 7 nitrogen and oxygen atoms in total. The third-order valence-corrected chi connectivity index (χ3v) is 4.40. The van der Waals surface area contributed by atoms with Crippen LogP contribution in [0.3, 0.4) is 0 Å². The lowest BCUT2D eigenvalue weighted by Gasteiger charge is -2.10. The largest absolute Gasteiger partial charge is 0.484 e. The van der Waals surface area contributed by atoms with E-state index in [0.717, 1.165) is 0 Å². The molecule has 0 saturated heterocycles. The normalized spacial score (nSPS) is 10.4. The summed E-state index contributed by atoms with van der Waals surface area (Å²) in [5.74, 6) is 0.491. The van der Waals surface area contributed by atoms with Gasteiger partial charge < -0.3 is 20.7 Å². The topological polar surface area (TPSA) is 96.5 Å². The van der Waals surface area contributed by atoms with Crippen LogP contribution in [-0.4, -0.2) is 37.4 Å². The molecule has 0 radical (unpaired) electrons. The van der Waals surface area contributed by atoms with Crippen molar-refractivity contribution in [2.45, 2.75) is 33.1 Å². The van der Waals surface area contributed by atoms with Crippen LogP contribution in [0.4, 0.5) is 5.69 Å². The molecule has 2 rings (SSSR count). The van der Waals surface area contributed by atoms with Gasteiger partial charge in [0.15, 0.2) is 6.61 Å². The SMILES string of the molecule is CCC(=O)NCCNC(=O)c1ccc(NC(=O)COc2ccc(C(C)C)cc2)cc1. The third-order valence-electron chi connectivity index (χ3n) is 4.40. The minimum Gasteiger partial charge on any atom is -0.484 e. The van der Waals surface area contributed by atoms with E-state index in [9.17, 15) is 14.4 Å². The van der Waals surface area contributed by atoms with Crippen molar-refractivity contribution >= 4 is 23.4 Å². The highest BCUT2D eigenvalue weighted by Crippen LogP contribution is 2.18. The van der Waals surface area contributed by atoms with Gasteiger partial charge in [0.25, 0.3) is 11.8 Å². The van der Waals surface area contributed by atoms with Gasteiger partial charge in [0, 0.05) is 30.8 Å². The number of hydrogen-bond acceptors (Lipinski definition) is 4. The van der Waals surface area contributed by atoms with Crippen LogP contribution in [0.5, 0.6) is 5.75 Å². The highest BCUT2D eigenvalue weighted by Gasteiger charge is 2.08. The highest BCUT2D eigenvalue weighted by molar-refractivity contribution is 5.96. The maximum atomic E-state index is 12.1. The zero-order valence-corrected chi connectivity index (χ0v) is 17.7. The van der Waals surface area contributed by atoms with Crippen molar-refractivity contribution in [3.63, 3.8) is 0 Å². The van der Waals surface area contributed by atoms with Crippen LogP contribution in [0.1, 0.15) is 49.0 Å². The zero-order valence-electron chi connectivity index (χ0n) is 17.7. The maximum Gasteiger partial charge on any atom is 0.262 e. The summed E-state index contributed by atoms with van der Waals surface area (Å²) in [5.41, 5.74) is 2.25. The summed E-state index contributed by atoms with van der Waals surface area (Å²) < 4.78 is 5.51. The first-order valence-electron chi connectivity index (χ1n) is 10.1. The van der Waals surface area contributed by atoms with Gasteiger partial charge in [0.1, 0.15) is 5.75 Å². The molecule has 3 N–H and O–H groups in total. The summed E-state index contributed by atoms with van der Waals surface area (Å²) in [6, 6.07) is 14.2. The number of nitrogens with one attached hydrogen (secondary N) is 3. The molecule has 0 atom stereocenters. The predicted molar refractivity (Wildman–Crippen MR) is 117 cm³/mol. The number of carbonyl (C=O) groups excluding carboxylic acids is 3. The summed E-state index contributed by atoms with van der Waals surface area (Å²) in [4.78, 5) is 35.3. The van der Waals surface area contributed by atoms with Crippen molar-refractivity contribution in [2.24, 2.45) is 0 Å². The fourth-order valence-corrected chi connectivity index (χ4v) is 2.60. The smallest absolute Gasteiger partial charge is 0.262 e. The highest BCUT2D eigenvalue weighted by atomic mass is 16.5. The van der Waals surface area contributed by atoms with E-state index in [1.165, 1.54) is 5.56 Å². The molecule has 30 heavy (non-hydrogen) atoms. The predicted octanol–water partition coefficient (Wildman–Crippen LogP) is 3.08. The Hall–Kier alpha value is -3.35. The number of hydrogen-bond donors (Lipinski definition) is 3. The Morgan fingerprint density at radius 2 is 1.50 bits per heavy atom. The molecule has 0 heterocycles. The Balaban J connectivity index is 1.75. The molecular weight excluding hydrogens is 382 g/mol. The van der Waals surface area contributed by atoms with Crippen LogP contribution in [0.2, 0.25) is 0 Å². The van der Waals surface area contributed by atoms with Gasteiger partial charge in [0.05, 0.1) is 0 Å². The summed E-state index contributed by atoms with van der Waals surface area (Å²) >= 11 is 0. The Labute approximate surface area is 177 Å². The van der Waals surface area contributed by atoms with Gasteiger partial charge in [-0.2, -0.15) is 0 Å². The van der Waals surface area contributed by atoms with Gasteiger partial charge in [-0.3, -0.25) is 14.4 Å². The van der Waals surface area contributed by atoms with Crippen molar-refractivity contribution < 1.29 is 19.1 Å². The van der Waals surface area contributed by atoms with Crippen LogP contribution in [0.15, 0.2) is 48.5 Å². The van der Waals surface area contributed by atoms with Gasteiger partial charge in [-0.25, -0.2) is 0 Å². The first-order valence-corrected chi connectivity index (χ1v) is 10.1. The van der Waals surface area contributed by atoms with E-state index in [4.69, 9.17) is 4.74 Å². The van der Waals surface area contributed by atoms with E-state index in [1.54, 1.807) is 31.2 Å². The van der Waals surface area contributed by atoms with E-state index in [-0.39, 0.29) is 24.3 Å². The van der Waals surface area contributed by atoms with Gasteiger partial charge in [-0.15, -0.1) is 0 Å². The molecule has 160 valence electrons. The number of anilines is 1. The van der Waals surface area contributed by atoms with Crippen LogP contribution in [0.25, 0.3) is 0 Å². The third kappa shape index (κ3) is 7.58. The summed E-state index contributed by atoms with van der Waals surface area (Å²) in [6.07, 6.45) is 0.413. The van der Waals surface area contributed by atoms with E-state index in [0.29, 0.717) is 42.4 Å². The van der Waals surface area contributed by atoms with E-state index in [1.807, 2.05) is 24.3 Å². The second-order valence-corrected chi connectivity index (χ2v) is 7.10. The average molecular weight is 412 g/mol. The molecule has 0 aliphatic carbocycles. The van der Waals surface area contributed by atoms with Gasteiger partial charge in [-0.1, -0.05) is 32.9 Å². The lowest BCUT2D eigenvalue weighted by atomic mass is 10.0. The quantitative estimate of drug-likeness (QED) is 0.524. The molecule has 2 aromatic carbocycles. The molecule has 0 aliphatic heterocycles. The monoisotopic (exact) mass is 411 g/mol. The van der Waals surface area contributed by atoms with Crippen LogP contribution in [-0.2, 0) is 9.59 Å². The second kappa shape index (κ2) is 11.6. The molecule has 0 saturated carbocycles. The molecule has 0 fully saturated rings. The van der Waals surface area contributed by atoms with Gasteiger partial charge in [-0.05, 0) is 47.9 Å². The second-order valence-electron chi connectivity index (χ2n) is 7.10. The maximum absolute atomic E-state index is 12.1. The van der Waals surface area contributed by atoms with E-state index >= 15 is 0 Å². The zero-order chi connectivity index (χ0) is 21.9. The summed E-state index contributed by atoms with van der Waals surface area (Å²) in [5, 5.41) is 8.15. The summed E-state index contributed by atoms with van der Waals surface area (Å²) in [6.45, 7) is 6.62. The average Bonchev–Trinajstić information content (AvgIpc) is 2.75. The molecular formula is C23H29N3O4. The molecule has 7 heteroatoms. The fourth-order valence-electron chi connectivity index (χ4n) is 2.60. The first kappa shape index (κ1) is 22.9. The Morgan fingerprint density at radius 3 is 2.10 bits per heavy atom. The number of amides is 3. The molecule has 3 amide bonds. The molecule has 0 unspecified atom stereocenters. The Bertz CT molecular complexity index is 846. The number of ether oxygens (including phenoxy) is 1. The van der Waals surface area contributed by atoms with Crippen LogP contribution >= 0.6 is 0 Å². The molecule has 0 aromatic heterocycles. The van der Waals surface area contributed by atoms with Crippen molar-refractivity contribution in [1.29, 1.82) is 0 Å². The van der Waals surface area contributed by atoms with Crippen LogP contribution in [0, 0.1) is 0 Å². The summed E-state index contributed by atoms with van der Waals surface area (Å²) in [7, 11) is 0. The van der Waals surface area contributed by atoms with Crippen LogP contribution < -0.4 is 20.7 Å². The van der Waals surface area contributed by atoms with E-state index < -0.39 is 0 Å². The Kier molecular flexibility index (Phi) is 8.87. The number of rotatable bonds is 10.